The lowest BCUT2D eigenvalue weighted by molar-refractivity contribution is 0.876. The topological polar surface area (TPSA) is 92.5 Å². The number of aromatic nitrogens is 4. The van der Waals surface area contributed by atoms with Gasteiger partial charge in [0.1, 0.15) is 17.5 Å². The number of hydrogen-bond donors (Lipinski definition) is 3. The molecule has 0 amide bonds. The molecule has 0 fully saturated rings. The summed E-state index contributed by atoms with van der Waals surface area (Å²) in [6.07, 6.45) is 1.39. The minimum atomic E-state index is 0.550. The van der Waals surface area contributed by atoms with Gasteiger partial charge in [-0.3, -0.25) is 0 Å². The highest BCUT2D eigenvalue weighted by Gasteiger charge is 2.11. The first-order valence-electron chi connectivity index (χ1n) is 6.98. The quantitative estimate of drug-likeness (QED) is 0.503. The van der Waals surface area contributed by atoms with Crippen LogP contribution in [0.2, 0.25) is 0 Å². The van der Waals surface area contributed by atoms with E-state index >= 15 is 0 Å². The number of hydrogen-bond acceptors (Lipinski definition) is 5. The van der Waals surface area contributed by atoms with Crippen molar-refractivity contribution in [2.24, 2.45) is 5.84 Å². The van der Waals surface area contributed by atoms with Crippen molar-refractivity contribution >= 4 is 16.9 Å². The number of para-hydroxylation sites is 2. The van der Waals surface area contributed by atoms with Crippen LogP contribution in [0.1, 0.15) is 29.8 Å². The van der Waals surface area contributed by atoms with Crippen LogP contribution < -0.4 is 11.3 Å². The van der Waals surface area contributed by atoms with Crippen LogP contribution in [0.15, 0.2) is 24.3 Å². The summed E-state index contributed by atoms with van der Waals surface area (Å²) in [5, 5.41) is 0. The van der Waals surface area contributed by atoms with Gasteiger partial charge in [0.25, 0.3) is 0 Å². The molecule has 2 heterocycles. The van der Waals surface area contributed by atoms with E-state index in [9.17, 15) is 0 Å². The predicted molar refractivity (Wildman–Crippen MR) is 82.9 cm³/mol. The Balaban J connectivity index is 1.95. The number of hydrazine groups is 1. The Hall–Kier alpha value is -2.47. The van der Waals surface area contributed by atoms with Crippen molar-refractivity contribution < 1.29 is 0 Å². The molecule has 0 saturated heterocycles. The van der Waals surface area contributed by atoms with Crippen molar-refractivity contribution in [2.45, 2.75) is 26.7 Å². The van der Waals surface area contributed by atoms with Crippen molar-refractivity contribution in [2.75, 3.05) is 5.43 Å². The van der Waals surface area contributed by atoms with E-state index in [1.807, 2.05) is 31.2 Å². The molecule has 0 aliphatic carbocycles. The van der Waals surface area contributed by atoms with Gasteiger partial charge in [-0.2, -0.15) is 0 Å². The second-order valence-electron chi connectivity index (χ2n) is 4.93. The second-order valence-corrected chi connectivity index (χ2v) is 4.93. The average Bonchev–Trinajstić information content (AvgIpc) is 2.88. The third-order valence-corrected chi connectivity index (χ3v) is 3.51. The summed E-state index contributed by atoms with van der Waals surface area (Å²) >= 11 is 0. The van der Waals surface area contributed by atoms with E-state index < -0.39 is 0 Å². The van der Waals surface area contributed by atoms with E-state index in [1.54, 1.807) is 0 Å². The zero-order chi connectivity index (χ0) is 14.8. The van der Waals surface area contributed by atoms with Crippen LogP contribution in [0.5, 0.6) is 0 Å². The van der Waals surface area contributed by atoms with Crippen LogP contribution in [-0.2, 0) is 12.8 Å². The normalized spacial score (nSPS) is 11.0. The fourth-order valence-corrected chi connectivity index (χ4v) is 2.51. The first-order chi connectivity index (χ1) is 10.2. The van der Waals surface area contributed by atoms with E-state index in [4.69, 9.17) is 5.84 Å². The predicted octanol–water partition coefficient (Wildman–Crippen LogP) is 2.10. The molecule has 2 aromatic heterocycles. The van der Waals surface area contributed by atoms with E-state index in [-0.39, 0.29) is 0 Å². The van der Waals surface area contributed by atoms with Gasteiger partial charge in [0.2, 0.25) is 0 Å². The van der Waals surface area contributed by atoms with Gasteiger partial charge in [-0.1, -0.05) is 19.1 Å². The van der Waals surface area contributed by atoms with Crippen LogP contribution in [-0.4, -0.2) is 19.9 Å². The van der Waals surface area contributed by atoms with E-state index in [0.717, 1.165) is 34.5 Å². The average molecular weight is 282 g/mol. The molecule has 0 spiro atoms. The molecule has 108 valence electrons. The highest BCUT2D eigenvalue weighted by atomic mass is 15.3. The number of nitrogen functional groups attached to an aromatic ring is 1. The molecule has 6 heteroatoms. The zero-order valence-electron chi connectivity index (χ0n) is 12.1. The lowest BCUT2D eigenvalue weighted by Crippen LogP contribution is -2.15. The molecule has 0 aliphatic rings. The van der Waals surface area contributed by atoms with Gasteiger partial charge in [-0.25, -0.2) is 20.8 Å². The Kier molecular flexibility index (Phi) is 3.53. The number of anilines is 1. The standard InChI is InChI=1S/C15H18N6/c1-3-10-9(2)17-13(20-15(10)21-16)8-14-18-11-6-4-5-7-12(11)19-14/h4-7H,3,8,16H2,1-2H3,(H,18,19)(H,17,20,21). The van der Waals surface area contributed by atoms with E-state index in [2.05, 4.69) is 32.3 Å². The summed E-state index contributed by atoms with van der Waals surface area (Å²) in [4.78, 5) is 16.9. The maximum Gasteiger partial charge on any atom is 0.147 e. The molecule has 0 atom stereocenters. The number of aryl methyl sites for hydroxylation is 1. The number of benzene rings is 1. The number of rotatable bonds is 4. The van der Waals surface area contributed by atoms with Crippen LogP contribution in [0.3, 0.4) is 0 Å². The number of nitrogens with zero attached hydrogens (tertiary/aromatic N) is 3. The summed E-state index contributed by atoms with van der Waals surface area (Å²) < 4.78 is 0. The van der Waals surface area contributed by atoms with E-state index in [0.29, 0.717) is 18.1 Å². The minimum absolute atomic E-state index is 0.550. The summed E-state index contributed by atoms with van der Waals surface area (Å²) in [5.41, 5.74) is 6.63. The van der Waals surface area contributed by atoms with Gasteiger partial charge in [0.05, 0.1) is 17.5 Å². The van der Waals surface area contributed by atoms with Crippen LogP contribution in [0, 0.1) is 6.92 Å². The van der Waals surface area contributed by atoms with Gasteiger partial charge in [-0.05, 0) is 25.5 Å². The number of aromatic amines is 1. The maximum atomic E-state index is 5.55. The molecule has 0 bridgehead atoms. The highest BCUT2D eigenvalue weighted by molar-refractivity contribution is 5.74. The van der Waals surface area contributed by atoms with Crippen molar-refractivity contribution in [3.63, 3.8) is 0 Å². The van der Waals surface area contributed by atoms with E-state index in [1.165, 1.54) is 0 Å². The molecular formula is C15H18N6. The molecule has 21 heavy (non-hydrogen) atoms. The van der Waals surface area contributed by atoms with Crippen LogP contribution in [0.25, 0.3) is 11.0 Å². The first-order valence-corrected chi connectivity index (χ1v) is 6.98. The maximum absolute atomic E-state index is 5.55. The summed E-state index contributed by atoms with van der Waals surface area (Å²) in [6, 6.07) is 7.94. The molecule has 3 rings (SSSR count). The molecule has 6 nitrogen and oxygen atoms in total. The Morgan fingerprint density at radius 1 is 1.19 bits per heavy atom. The lowest BCUT2D eigenvalue weighted by atomic mass is 10.1. The summed E-state index contributed by atoms with van der Waals surface area (Å²) in [7, 11) is 0. The van der Waals surface area contributed by atoms with Crippen LogP contribution >= 0.6 is 0 Å². The van der Waals surface area contributed by atoms with Gasteiger partial charge in [-0.15, -0.1) is 0 Å². The molecule has 3 aromatic rings. The number of imidazole rings is 1. The molecule has 0 aliphatic heterocycles. The Morgan fingerprint density at radius 2 is 2.00 bits per heavy atom. The fourth-order valence-electron chi connectivity index (χ4n) is 2.51. The zero-order valence-corrected chi connectivity index (χ0v) is 12.1. The lowest BCUT2D eigenvalue weighted by Gasteiger charge is -2.10. The van der Waals surface area contributed by atoms with Gasteiger partial charge < -0.3 is 10.4 Å². The second kappa shape index (κ2) is 5.49. The summed E-state index contributed by atoms with van der Waals surface area (Å²) in [6.45, 7) is 4.04. The fraction of sp³-hybridized carbons (Fsp3) is 0.267. The minimum Gasteiger partial charge on any atom is -0.342 e. The van der Waals surface area contributed by atoms with Gasteiger partial charge in [0.15, 0.2) is 0 Å². The van der Waals surface area contributed by atoms with Gasteiger partial charge >= 0.3 is 0 Å². The van der Waals surface area contributed by atoms with Crippen molar-refractivity contribution in [3.05, 3.63) is 47.2 Å². The highest BCUT2D eigenvalue weighted by Crippen LogP contribution is 2.18. The van der Waals surface area contributed by atoms with Crippen LogP contribution in [0.4, 0.5) is 5.82 Å². The first kappa shape index (κ1) is 13.5. The SMILES string of the molecule is CCc1c(C)nc(Cc2nc3ccccc3[nH]2)nc1NN. The van der Waals surface area contributed by atoms with Crippen molar-refractivity contribution in [1.82, 2.24) is 19.9 Å². The molecule has 0 saturated carbocycles. The molecule has 0 radical (unpaired) electrons. The number of fused-ring (bicyclic) bond motifs is 1. The molecule has 1 aromatic carbocycles. The van der Waals surface area contributed by atoms with Crippen molar-refractivity contribution in [1.29, 1.82) is 0 Å². The molecule has 4 N–H and O–H groups in total. The number of H-pyrrole nitrogens is 1. The van der Waals surface area contributed by atoms with Gasteiger partial charge in [0, 0.05) is 11.3 Å². The molecule has 0 unspecified atom stereocenters. The third-order valence-electron chi connectivity index (χ3n) is 3.51. The largest absolute Gasteiger partial charge is 0.342 e. The number of nitrogens with one attached hydrogen (secondary N) is 2. The Labute approximate surface area is 122 Å². The molecular weight excluding hydrogens is 264 g/mol. The summed E-state index contributed by atoms with van der Waals surface area (Å²) in [5.74, 6) is 7.80. The Morgan fingerprint density at radius 3 is 2.71 bits per heavy atom. The third kappa shape index (κ3) is 2.57. The number of nitrogens with two attached hydrogens (primary N) is 1. The monoisotopic (exact) mass is 282 g/mol. The Bertz CT molecular complexity index is 744. The smallest absolute Gasteiger partial charge is 0.147 e. The van der Waals surface area contributed by atoms with Crippen molar-refractivity contribution in [3.8, 4) is 0 Å².